The SMILES string of the molecule is O=C(CC1COCCN1)N1CCCC1c1ccc(Cl)c(Cl)c1. The van der Waals surface area contributed by atoms with E-state index in [1.54, 1.807) is 6.07 Å². The number of ether oxygens (including phenoxy) is 1. The predicted octanol–water partition coefficient (Wildman–Crippen LogP) is 3.04. The number of carbonyl (C=O) groups excluding carboxylic acids is 1. The van der Waals surface area contributed by atoms with E-state index in [1.165, 1.54) is 0 Å². The van der Waals surface area contributed by atoms with E-state index in [0.717, 1.165) is 38.1 Å². The number of hydrogen-bond acceptors (Lipinski definition) is 3. The molecule has 2 heterocycles. The Kier molecular flexibility index (Phi) is 5.24. The van der Waals surface area contributed by atoms with Crippen molar-refractivity contribution < 1.29 is 9.53 Å². The van der Waals surface area contributed by atoms with Crippen LogP contribution in [0, 0.1) is 0 Å². The summed E-state index contributed by atoms with van der Waals surface area (Å²) in [5.74, 6) is 0.177. The highest BCUT2D eigenvalue weighted by Gasteiger charge is 2.31. The van der Waals surface area contributed by atoms with E-state index in [2.05, 4.69) is 5.32 Å². The van der Waals surface area contributed by atoms with E-state index in [-0.39, 0.29) is 18.0 Å². The number of amides is 1. The second kappa shape index (κ2) is 7.18. The Bertz CT molecular complexity index is 547. The fraction of sp³-hybridized carbons (Fsp3) is 0.562. The minimum absolute atomic E-state index is 0.103. The first-order chi connectivity index (χ1) is 10.6. The summed E-state index contributed by atoms with van der Waals surface area (Å²) >= 11 is 12.1. The van der Waals surface area contributed by atoms with Gasteiger partial charge in [-0.15, -0.1) is 0 Å². The molecule has 0 aromatic heterocycles. The Labute approximate surface area is 140 Å². The molecule has 120 valence electrons. The molecule has 22 heavy (non-hydrogen) atoms. The van der Waals surface area contributed by atoms with E-state index in [4.69, 9.17) is 27.9 Å². The molecule has 2 aliphatic heterocycles. The Balaban J connectivity index is 1.69. The van der Waals surface area contributed by atoms with Crippen LogP contribution >= 0.6 is 23.2 Å². The first-order valence-electron chi connectivity index (χ1n) is 7.70. The van der Waals surface area contributed by atoms with Crippen molar-refractivity contribution in [2.75, 3.05) is 26.3 Å². The van der Waals surface area contributed by atoms with E-state index < -0.39 is 0 Å². The molecule has 0 bridgehead atoms. The molecule has 3 rings (SSSR count). The zero-order valence-electron chi connectivity index (χ0n) is 12.4. The maximum absolute atomic E-state index is 12.6. The van der Waals surface area contributed by atoms with Crippen LogP contribution in [0.2, 0.25) is 10.0 Å². The third-order valence-electron chi connectivity index (χ3n) is 4.32. The van der Waals surface area contributed by atoms with Gasteiger partial charge in [0.2, 0.25) is 5.91 Å². The van der Waals surface area contributed by atoms with Crippen LogP contribution in [0.15, 0.2) is 18.2 Å². The lowest BCUT2D eigenvalue weighted by Gasteiger charge is -2.29. The predicted molar refractivity (Wildman–Crippen MR) is 87.4 cm³/mol. The van der Waals surface area contributed by atoms with Crippen molar-refractivity contribution in [2.45, 2.75) is 31.3 Å². The molecule has 2 saturated heterocycles. The lowest BCUT2D eigenvalue weighted by atomic mass is 10.0. The monoisotopic (exact) mass is 342 g/mol. The second-order valence-electron chi connectivity index (χ2n) is 5.85. The van der Waals surface area contributed by atoms with Crippen LogP contribution in [0.3, 0.4) is 0 Å². The van der Waals surface area contributed by atoms with Gasteiger partial charge in [-0.2, -0.15) is 0 Å². The van der Waals surface area contributed by atoms with Crippen molar-refractivity contribution in [3.8, 4) is 0 Å². The highest BCUT2D eigenvalue weighted by atomic mass is 35.5. The molecule has 1 N–H and O–H groups in total. The van der Waals surface area contributed by atoms with Gasteiger partial charge in [0.05, 0.1) is 29.3 Å². The van der Waals surface area contributed by atoms with Crippen LogP contribution in [-0.4, -0.2) is 43.2 Å². The van der Waals surface area contributed by atoms with Gasteiger partial charge in [0.25, 0.3) is 0 Å². The summed E-state index contributed by atoms with van der Waals surface area (Å²) in [6.45, 7) is 2.95. The topological polar surface area (TPSA) is 41.6 Å². The first kappa shape index (κ1) is 16.1. The lowest BCUT2D eigenvalue weighted by Crippen LogP contribution is -2.45. The van der Waals surface area contributed by atoms with Gasteiger partial charge >= 0.3 is 0 Å². The van der Waals surface area contributed by atoms with Gasteiger partial charge < -0.3 is 15.0 Å². The molecule has 0 radical (unpaired) electrons. The molecule has 0 saturated carbocycles. The summed E-state index contributed by atoms with van der Waals surface area (Å²) in [7, 11) is 0. The van der Waals surface area contributed by atoms with Crippen LogP contribution in [0.5, 0.6) is 0 Å². The van der Waals surface area contributed by atoms with Crippen LogP contribution in [0.1, 0.15) is 30.9 Å². The number of nitrogens with one attached hydrogen (secondary N) is 1. The van der Waals surface area contributed by atoms with Crippen LogP contribution in [0.25, 0.3) is 0 Å². The summed E-state index contributed by atoms with van der Waals surface area (Å²) < 4.78 is 5.42. The van der Waals surface area contributed by atoms with Crippen LogP contribution in [-0.2, 0) is 9.53 Å². The second-order valence-corrected chi connectivity index (χ2v) is 6.66. The van der Waals surface area contributed by atoms with E-state index >= 15 is 0 Å². The number of likely N-dealkylation sites (tertiary alicyclic amines) is 1. The summed E-state index contributed by atoms with van der Waals surface area (Å²) in [5.41, 5.74) is 1.06. The number of hydrogen-bond donors (Lipinski definition) is 1. The normalized spacial score (nSPS) is 25.5. The van der Waals surface area contributed by atoms with Gasteiger partial charge in [0.1, 0.15) is 0 Å². The molecule has 2 atom stereocenters. The van der Waals surface area contributed by atoms with Crippen LogP contribution < -0.4 is 5.32 Å². The number of nitrogens with zero attached hydrogens (tertiary/aromatic N) is 1. The van der Waals surface area contributed by atoms with Gasteiger partial charge in [-0.05, 0) is 30.5 Å². The van der Waals surface area contributed by atoms with Crippen molar-refractivity contribution in [2.24, 2.45) is 0 Å². The summed E-state index contributed by atoms with van der Waals surface area (Å²) in [6, 6.07) is 5.87. The minimum atomic E-state index is 0.103. The maximum Gasteiger partial charge on any atom is 0.224 e. The summed E-state index contributed by atoms with van der Waals surface area (Å²) in [6.07, 6.45) is 2.47. The molecule has 0 spiro atoms. The van der Waals surface area contributed by atoms with Crippen LogP contribution in [0.4, 0.5) is 0 Å². The third kappa shape index (κ3) is 3.57. The number of rotatable bonds is 3. The zero-order chi connectivity index (χ0) is 15.5. The third-order valence-corrected chi connectivity index (χ3v) is 5.06. The molecule has 1 amide bonds. The van der Waals surface area contributed by atoms with E-state index in [9.17, 15) is 4.79 Å². The largest absolute Gasteiger partial charge is 0.378 e. The molecule has 0 aliphatic carbocycles. The van der Waals surface area contributed by atoms with Crippen molar-refractivity contribution in [1.29, 1.82) is 0 Å². The van der Waals surface area contributed by atoms with E-state index in [0.29, 0.717) is 23.1 Å². The lowest BCUT2D eigenvalue weighted by molar-refractivity contribution is -0.133. The van der Waals surface area contributed by atoms with Gasteiger partial charge in [-0.25, -0.2) is 0 Å². The van der Waals surface area contributed by atoms with Crippen molar-refractivity contribution in [3.05, 3.63) is 33.8 Å². The fourth-order valence-electron chi connectivity index (χ4n) is 3.21. The number of carbonyl (C=O) groups is 1. The van der Waals surface area contributed by atoms with Crippen molar-refractivity contribution in [1.82, 2.24) is 10.2 Å². The molecule has 1 aromatic rings. The molecule has 2 aliphatic rings. The molecular formula is C16H20Cl2N2O2. The van der Waals surface area contributed by atoms with Crippen molar-refractivity contribution in [3.63, 3.8) is 0 Å². The van der Waals surface area contributed by atoms with Gasteiger partial charge in [-0.1, -0.05) is 29.3 Å². The zero-order valence-corrected chi connectivity index (χ0v) is 13.9. The average molecular weight is 343 g/mol. The molecule has 1 aromatic carbocycles. The highest BCUT2D eigenvalue weighted by molar-refractivity contribution is 6.42. The molecule has 2 unspecified atom stereocenters. The fourth-order valence-corrected chi connectivity index (χ4v) is 3.52. The number of halogens is 2. The molecule has 6 heteroatoms. The summed E-state index contributed by atoms with van der Waals surface area (Å²) in [5, 5.41) is 4.42. The van der Waals surface area contributed by atoms with Gasteiger partial charge in [0.15, 0.2) is 0 Å². The maximum atomic E-state index is 12.6. The van der Waals surface area contributed by atoms with Gasteiger partial charge in [0, 0.05) is 25.6 Å². The number of benzene rings is 1. The van der Waals surface area contributed by atoms with E-state index in [1.807, 2.05) is 17.0 Å². The Morgan fingerprint density at radius 3 is 2.95 bits per heavy atom. The Hall–Kier alpha value is -0.810. The molecule has 4 nitrogen and oxygen atoms in total. The molecular weight excluding hydrogens is 323 g/mol. The van der Waals surface area contributed by atoms with Gasteiger partial charge in [-0.3, -0.25) is 4.79 Å². The average Bonchev–Trinajstić information content (AvgIpc) is 3.01. The Morgan fingerprint density at radius 1 is 1.36 bits per heavy atom. The molecule has 2 fully saturated rings. The Morgan fingerprint density at radius 2 is 2.23 bits per heavy atom. The minimum Gasteiger partial charge on any atom is -0.378 e. The summed E-state index contributed by atoms with van der Waals surface area (Å²) in [4.78, 5) is 14.6. The standard InChI is InChI=1S/C16H20Cl2N2O2/c17-13-4-3-11(8-14(13)18)15-2-1-6-20(15)16(21)9-12-10-22-7-5-19-12/h3-4,8,12,15,19H,1-2,5-7,9-10H2. The van der Waals surface area contributed by atoms with Crippen molar-refractivity contribution >= 4 is 29.1 Å². The quantitative estimate of drug-likeness (QED) is 0.917. The highest BCUT2D eigenvalue weighted by Crippen LogP contribution is 2.35. The number of morpholine rings is 1. The smallest absolute Gasteiger partial charge is 0.224 e. The first-order valence-corrected chi connectivity index (χ1v) is 8.46.